The summed E-state index contributed by atoms with van der Waals surface area (Å²) in [5, 5.41) is 4.04. The number of nitrogens with two attached hydrogens (primary N) is 1. The molecule has 0 aromatic heterocycles. The van der Waals surface area contributed by atoms with E-state index >= 15 is 0 Å². The zero-order valence-electron chi connectivity index (χ0n) is 17.8. The van der Waals surface area contributed by atoms with E-state index in [4.69, 9.17) is 33.8 Å². The van der Waals surface area contributed by atoms with Crippen molar-refractivity contribution in [3.05, 3.63) is 68.2 Å². The molecule has 1 aliphatic rings. The molecule has 2 aromatic rings. The number of hydrogen-bond acceptors (Lipinski definition) is 3. The maximum Gasteiger partial charge on any atom is 0.436 e. The van der Waals surface area contributed by atoms with E-state index in [0.29, 0.717) is 23.1 Å². The summed E-state index contributed by atoms with van der Waals surface area (Å²) in [6.45, 7) is 5.15. The van der Waals surface area contributed by atoms with E-state index in [0.717, 1.165) is 18.4 Å². The van der Waals surface area contributed by atoms with Gasteiger partial charge in [0.1, 0.15) is 0 Å². The predicted molar refractivity (Wildman–Crippen MR) is 119 cm³/mol. The third-order valence-corrected chi connectivity index (χ3v) is 6.38. The van der Waals surface area contributed by atoms with Gasteiger partial charge in [0.2, 0.25) is 5.91 Å². The van der Waals surface area contributed by atoms with E-state index in [-0.39, 0.29) is 21.3 Å². The summed E-state index contributed by atoms with van der Waals surface area (Å²) >= 11 is 12.0. The van der Waals surface area contributed by atoms with Crippen LogP contribution in [0.1, 0.15) is 59.3 Å². The van der Waals surface area contributed by atoms with Gasteiger partial charge in [-0.15, -0.1) is 0 Å². The Morgan fingerprint density at radius 3 is 2.38 bits per heavy atom. The van der Waals surface area contributed by atoms with E-state index in [9.17, 15) is 18.0 Å². The lowest BCUT2D eigenvalue weighted by molar-refractivity contribution is -0.287. The number of nitrogens with zero attached hydrogens (tertiary/aromatic N) is 1. The quantitative estimate of drug-likeness (QED) is 0.501. The fourth-order valence-corrected chi connectivity index (χ4v) is 4.75. The Balaban J connectivity index is 2.17. The Labute approximate surface area is 194 Å². The lowest BCUT2D eigenvalue weighted by Gasteiger charge is -2.34. The molecule has 0 spiro atoms. The van der Waals surface area contributed by atoms with Crippen LogP contribution in [0.3, 0.4) is 0 Å². The van der Waals surface area contributed by atoms with Crippen molar-refractivity contribution in [2.45, 2.75) is 51.8 Å². The zero-order chi connectivity index (χ0) is 23.8. The Hall–Kier alpha value is -2.25. The van der Waals surface area contributed by atoms with Crippen molar-refractivity contribution in [3.8, 4) is 0 Å². The first kappa shape index (κ1) is 24.4. The maximum absolute atomic E-state index is 14.5. The maximum atomic E-state index is 14.5. The number of primary amides is 1. The van der Waals surface area contributed by atoms with Gasteiger partial charge in [-0.05, 0) is 55.2 Å². The molecule has 0 fully saturated rings. The van der Waals surface area contributed by atoms with Gasteiger partial charge in [0, 0.05) is 26.7 Å². The normalized spacial score (nSPS) is 20.8. The van der Waals surface area contributed by atoms with Crippen LogP contribution in [0.4, 0.5) is 13.2 Å². The first-order valence-corrected chi connectivity index (χ1v) is 10.9. The third-order valence-electron chi connectivity index (χ3n) is 5.94. The number of hydrogen-bond donors (Lipinski definition) is 1. The second-order valence-corrected chi connectivity index (χ2v) is 8.79. The smallest absolute Gasteiger partial charge is 0.374 e. The average molecular weight is 487 g/mol. The van der Waals surface area contributed by atoms with Crippen molar-refractivity contribution < 1.29 is 22.8 Å². The molecular formula is C23H23Cl2F3N2O2. The summed E-state index contributed by atoms with van der Waals surface area (Å²) in [5.74, 6) is -1.81. The number of rotatable bonds is 6. The van der Waals surface area contributed by atoms with E-state index < -0.39 is 23.6 Å². The Morgan fingerprint density at radius 2 is 1.84 bits per heavy atom. The minimum atomic E-state index is -4.81. The van der Waals surface area contributed by atoms with Crippen molar-refractivity contribution in [3.63, 3.8) is 0 Å². The molecule has 0 bridgehead atoms. The van der Waals surface area contributed by atoms with Gasteiger partial charge < -0.3 is 10.6 Å². The van der Waals surface area contributed by atoms with Crippen molar-refractivity contribution in [2.75, 3.05) is 0 Å². The summed E-state index contributed by atoms with van der Waals surface area (Å²) in [6, 6.07) is 6.84. The fraction of sp³-hybridized carbons (Fsp3) is 0.391. The van der Waals surface area contributed by atoms with Crippen molar-refractivity contribution in [1.82, 2.24) is 0 Å². The largest absolute Gasteiger partial charge is 0.436 e. The highest BCUT2D eigenvalue weighted by Crippen LogP contribution is 2.53. The summed E-state index contributed by atoms with van der Waals surface area (Å²) < 4.78 is 43.5. The van der Waals surface area contributed by atoms with Crippen LogP contribution in [0.25, 0.3) is 0 Å². The average Bonchev–Trinajstić information content (AvgIpc) is 3.03. The Morgan fingerprint density at radius 1 is 1.22 bits per heavy atom. The summed E-state index contributed by atoms with van der Waals surface area (Å²) in [6.07, 6.45) is -2.59. The lowest BCUT2D eigenvalue weighted by Crippen LogP contribution is -2.48. The van der Waals surface area contributed by atoms with Crippen LogP contribution in [0.15, 0.2) is 35.5 Å². The molecule has 32 heavy (non-hydrogen) atoms. The van der Waals surface area contributed by atoms with E-state index in [1.54, 1.807) is 13.0 Å². The fourth-order valence-electron chi connectivity index (χ4n) is 4.23. The van der Waals surface area contributed by atoms with E-state index in [1.807, 2.05) is 6.92 Å². The molecule has 0 aliphatic carbocycles. The van der Waals surface area contributed by atoms with Crippen LogP contribution < -0.4 is 5.73 Å². The standard InChI is InChI=1S/C23H23Cl2F3N2O2/c1-4-5-6-17-12(2)18(21(29)31)7-8-19(17)20-13(3)22(32-30-20,23(26,27)28)14-9-15(24)11-16(25)10-14/h7-11,13H,4-6H2,1-3H3,(H2,29,31). The van der Waals surface area contributed by atoms with Crippen LogP contribution in [0, 0.1) is 12.8 Å². The SMILES string of the molecule is CCCCc1c(C2=NOC(c3cc(Cl)cc(Cl)c3)(C(F)(F)F)C2C)ccc(C(N)=O)c1C. The van der Waals surface area contributed by atoms with E-state index in [1.165, 1.54) is 31.2 Å². The number of carbonyl (C=O) groups is 1. The molecule has 9 heteroatoms. The second kappa shape index (κ2) is 8.94. The second-order valence-electron chi connectivity index (χ2n) is 7.91. The van der Waals surface area contributed by atoms with Crippen LogP contribution >= 0.6 is 23.2 Å². The molecule has 2 atom stereocenters. The monoisotopic (exact) mass is 486 g/mol. The van der Waals surface area contributed by atoms with Gasteiger partial charge in [-0.2, -0.15) is 13.2 Å². The lowest BCUT2D eigenvalue weighted by atomic mass is 9.76. The number of benzene rings is 2. The zero-order valence-corrected chi connectivity index (χ0v) is 19.3. The number of amides is 1. The molecule has 0 saturated carbocycles. The minimum Gasteiger partial charge on any atom is -0.374 e. The predicted octanol–water partition coefficient (Wildman–Crippen LogP) is 6.57. The summed E-state index contributed by atoms with van der Waals surface area (Å²) in [4.78, 5) is 17.0. The topological polar surface area (TPSA) is 64.7 Å². The highest BCUT2D eigenvalue weighted by Gasteiger charge is 2.66. The molecule has 3 rings (SSSR count). The molecule has 2 aromatic carbocycles. The minimum absolute atomic E-state index is 0.0608. The van der Waals surface area contributed by atoms with Crippen molar-refractivity contribution in [1.29, 1.82) is 0 Å². The Bertz CT molecular complexity index is 1070. The van der Waals surface area contributed by atoms with Gasteiger partial charge >= 0.3 is 6.18 Å². The highest BCUT2D eigenvalue weighted by molar-refractivity contribution is 6.34. The first-order valence-electron chi connectivity index (χ1n) is 10.2. The van der Waals surface area contributed by atoms with E-state index in [2.05, 4.69) is 5.16 Å². The van der Waals surface area contributed by atoms with Crippen LogP contribution in [0.5, 0.6) is 0 Å². The molecule has 4 nitrogen and oxygen atoms in total. The van der Waals surface area contributed by atoms with Gasteiger partial charge in [0.25, 0.3) is 5.60 Å². The summed E-state index contributed by atoms with van der Waals surface area (Å²) in [5.41, 5.74) is 4.84. The van der Waals surface area contributed by atoms with Gasteiger partial charge in [-0.25, -0.2) is 0 Å². The molecule has 2 N–H and O–H groups in total. The molecule has 1 aliphatic heterocycles. The van der Waals surface area contributed by atoms with Gasteiger partial charge in [-0.3, -0.25) is 4.79 Å². The number of oxime groups is 1. The van der Waals surface area contributed by atoms with Gasteiger partial charge in [0.05, 0.1) is 11.6 Å². The number of alkyl halides is 3. The molecular weight excluding hydrogens is 464 g/mol. The molecule has 2 unspecified atom stereocenters. The van der Waals surface area contributed by atoms with Crippen LogP contribution in [0.2, 0.25) is 10.0 Å². The van der Waals surface area contributed by atoms with Crippen LogP contribution in [-0.2, 0) is 16.9 Å². The molecule has 1 amide bonds. The van der Waals surface area contributed by atoms with Crippen LogP contribution in [-0.4, -0.2) is 17.8 Å². The molecule has 1 heterocycles. The highest BCUT2D eigenvalue weighted by atomic mass is 35.5. The molecule has 172 valence electrons. The Kier molecular flexibility index (Phi) is 6.82. The van der Waals surface area contributed by atoms with Crippen molar-refractivity contribution >= 4 is 34.8 Å². The van der Waals surface area contributed by atoms with Gasteiger partial charge in [0.15, 0.2) is 0 Å². The molecule has 0 saturated heterocycles. The molecule has 0 radical (unpaired) electrons. The number of halogens is 5. The summed E-state index contributed by atoms with van der Waals surface area (Å²) in [7, 11) is 0. The third kappa shape index (κ3) is 4.08. The van der Waals surface area contributed by atoms with Gasteiger partial charge in [-0.1, -0.05) is 54.7 Å². The first-order chi connectivity index (χ1) is 14.9. The van der Waals surface area contributed by atoms with Crippen molar-refractivity contribution in [2.24, 2.45) is 16.8 Å². The number of carbonyl (C=O) groups excluding carboxylic acids is 1. The number of unbranched alkanes of at least 4 members (excludes halogenated alkanes) is 1.